The number of aromatic nitrogens is 3. The average molecular weight is 350 g/mol. The summed E-state index contributed by atoms with van der Waals surface area (Å²) < 4.78 is 12.5. The fraction of sp³-hybridized carbons (Fsp3) is 0.471. The number of rotatable bonds is 4. The molecule has 1 heterocycles. The smallest absolute Gasteiger partial charge is 0.378 e. The monoisotopic (exact) mass is 349 g/mol. The summed E-state index contributed by atoms with van der Waals surface area (Å²) in [4.78, 5) is 16.6. The molecule has 6 nitrogen and oxygen atoms in total. The molecule has 3 rings (SSSR count). The first kappa shape index (κ1) is 16.9. The van der Waals surface area contributed by atoms with Crippen molar-refractivity contribution in [2.45, 2.75) is 44.8 Å². The lowest BCUT2D eigenvalue weighted by atomic mass is 9.94. The van der Waals surface area contributed by atoms with Gasteiger partial charge in [-0.2, -0.15) is 0 Å². The molecule has 0 bridgehead atoms. The van der Waals surface area contributed by atoms with Crippen molar-refractivity contribution in [3.63, 3.8) is 0 Å². The Morgan fingerprint density at radius 1 is 1.25 bits per heavy atom. The van der Waals surface area contributed by atoms with Crippen LogP contribution in [0.4, 0.5) is 0 Å². The van der Waals surface area contributed by atoms with Crippen molar-refractivity contribution in [3.05, 3.63) is 40.9 Å². The van der Waals surface area contributed by atoms with E-state index in [-0.39, 0.29) is 18.0 Å². The fourth-order valence-corrected chi connectivity index (χ4v) is 3.20. The molecule has 128 valence electrons. The van der Waals surface area contributed by atoms with E-state index in [1.807, 2.05) is 18.2 Å². The van der Waals surface area contributed by atoms with Crippen molar-refractivity contribution in [2.75, 3.05) is 7.11 Å². The molecule has 2 unspecified atom stereocenters. The third-order valence-electron chi connectivity index (χ3n) is 4.24. The molecule has 0 spiro atoms. The molecule has 24 heavy (non-hydrogen) atoms. The number of para-hydroxylation sites is 1. The zero-order chi connectivity index (χ0) is 17.1. The summed E-state index contributed by atoms with van der Waals surface area (Å²) in [6.07, 6.45) is 3.51. The number of nitrogens with zero attached hydrogens (tertiary/aromatic N) is 3. The predicted molar refractivity (Wildman–Crippen MR) is 89.6 cm³/mol. The van der Waals surface area contributed by atoms with Crippen molar-refractivity contribution in [2.24, 2.45) is 0 Å². The minimum atomic E-state index is -0.530. The largest absolute Gasteiger partial charge is 0.454 e. The highest BCUT2D eigenvalue weighted by molar-refractivity contribution is 6.32. The molecule has 2 aromatic rings. The van der Waals surface area contributed by atoms with Crippen LogP contribution in [0, 0.1) is 6.92 Å². The second-order valence-corrected chi connectivity index (χ2v) is 6.26. The highest BCUT2D eigenvalue weighted by Crippen LogP contribution is 2.24. The van der Waals surface area contributed by atoms with E-state index in [9.17, 15) is 4.79 Å². The molecule has 1 aromatic carbocycles. The molecule has 0 saturated heterocycles. The van der Waals surface area contributed by atoms with Crippen LogP contribution in [0.15, 0.2) is 24.3 Å². The van der Waals surface area contributed by atoms with Crippen molar-refractivity contribution < 1.29 is 14.3 Å². The number of carbonyl (C=O) groups is 1. The van der Waals surface area contributed by atoms with Gasteiger partial charge in [-0.3, -0.25) is 0 Å². The van der Waals surface area contributed by atoms with Crippen LogP contribution in [0.2, 0.25) is 5.02 Å². The topological polar surface area (TPSA) is 66.2 Å². The molecule has 1 aliphatic carbocycles. The van der Waals surface area contributed by atoms with Crippen LogP contribution in [0.1, 0.15) is 42.1 Å². The lowest BCUT2D eigenvalue weighted by molar-refractivity contribution is -0.0545. The Morgan fingerprint density at radius 2 is 1.96 bits per heavy atom. The molecule has 1 aromatic heterocycles. The van der Waals surface area contributed by atoms with Gasteiger partial charge in [0.05, 0.1) is 16.8 Å². The number of esters is 1. The number of hydrogen-bond acceptors (Lipinski definition) is 5. The molecule has 0 aliphatic heterocycles. The minimum absolute atomic E-state index is 0.0350. The molecule has 1 fully saturated rings. The number of hydrogen-bond donors (Lipinski definition) is 0. The SMILES string of the molecule is COC1CCCCC1OC(=O)c1nc(C)n(-c2ccccc2Cl)n1. The number of carbonyl (C=O) groups excluding carboxylic acids is 1. The Hall–Kier alpha value is -1.92. The first-order valence-corrected chi connectivity index (χ1v) is 8.40. The molecule has 0 amide bonds. The molecule has 1 saturated carbocycles. The molecule has 0 N–H and O–H groups in total. The molecular weight excluding hydrogens is 330 g/mol. The number of methoxy groups -OCH3 is 1. The molecule has 0 radical (unpaired) electrons. The van der Waals surface area contributed by atoms with Gasteiger partial charge in [0, 0.05) is 7.11 Å². The Bertz CT molecular complexity index is 732. The Labute approximate surface area is 145 Å². The molecule has 7 heteroatoms. The van der Waals surface area contributed by atoms with Gasteiger partial charge < -0.3 is 9.47 Å². The fourth-order valence-electron chi connectivity index (χ4n) is 2.99. The van der Waals surface area contributed by atoms with Gasteiger partial charge in [0.1, 0.15) is 11.9 Å². The summed E-state index contributed by atoms with van der Waals surface area (Å²) >= 11 is 6.19. The summed E-state index contributed by atoms with van der Waals surface area (Å²) in [7, 11) is 1.64. The second kappa shape index (κ2) is 7.32. The van der Waals surface area contributed by atoms with Gasteiger partial charge >= 0.3 is 5.97 Å². The Morgan fingerprint density at radius 3 is 2.67 bits per heavy atom. The summed E-state index contributed by atoms with van der Waals surface area (Å²) in [5, 5.41) is 4.80. The number of ether oxygens (including phenoxy) is 2. The van der Waals surface area contributed by atoms with Gasteiger partial charge in [-0.15, -0.1) is 5.10 Å². The van der Waals surface area contributed by atoms with Crippen LogP contribution < -0.4 is 0 Å². The zero-order valence-corrected chi connectivity index (χ0v) is 14.5. The van der Waals surface area contributed by atoms with E-state index in [4.69, 9.17) is 21.1 Å². The van der Waals surface area contributed by atoms with E-state index in [1.54, 1.807) is 24.8 Å². The average Bonchev–Trinajstić information content (AvgIpc) is 2.97. The van der Waals surface area contributed by atoms with Gasteiger partial charge in [0.25, 0.3) is 5.82 Å². The lowest BCUT2D eigenvalue weighted by Crippen LogP contribution is -2.35. The van der Waals surface area contributed by atoms with Crippen molar-refractivity contribution in [1.82, 2.24) is 14.8 Å². The summed E-state index contributed by atoms with van der Waals surface area (Å²) in [6, 6.07) is 7.27. The normalized spacial score (nSPS) is 20.8. The Kier molecular flexibility index (Phi) is 5.16. The van der Waals surface area contributed by atoms with Gasteiger partial charge in [-0.05, 0) is 38.3 Å². The maximum Gasteiger partial charge on any atom is 0.378 e. The van der Waals surface area contributed by atoms with Crippen molar-refractivity contribution in [1.29, 1.82) is 0 Å². The predicted octanol–water partition coefficient (Wildman–Crippen LogP) is 3.34. The second-order valence-electron chi connectivity index (χ2n) is 5.85. The Balaban J connectivity index is 1.79. The maximum absolute atomic E-state index is 12.4. The first-order chi connectivity index (χ1) is 11.6. The van der Waals surface area contributed by atoms with Gasteiger partial charge in [0.15, 0.2) is 0 Å². The number of benzene rings is 1. The van der Waals surface area contributed by atoms with Crippen LogP contribution in [0.5, 0.6) is 0 Å². The van der Waals surface area contributed by atoms with Crippen molar-refractivity contribution in [3.8, 4) is 5.69 Å². The minimum Gasteiger partial charge on any atom is -0.454 e. The standard InChI is InChI=1S/C17H20ClN3O3/c1-11-19-16(20-21(11)13-8-4-3-7-12(13)18)17(22)24-15-10-6-5-9-14(15)23-2/h3-4,7-8,14-15H,5-6,9-10H2,1-2H3. The summed E-state index contributed by atoms with van der Waals surface area (Å²) in [5.41, 5.74) is 0.677. The first-order valence-electron chi connectivity index (χ1n) is 8.02. The van der Waals surface area contributed by atoms with Crippen molar-refractivity contribution >= 4 is 17.6 Å². The molecule has 2 atom stereocenters. The molecule has 1 aliphatic rings. The third kappa shape index (κ3) is 3.44. The summed E-state index contributed by atoms with van der Waals surface area (Å²) in [6.45, 7) is 1.77. The summed E-state index contributed by atoms with van der Waals surface area (Å²) in [5.74, 6) is 0.0766. The number of aryl methyl sites for hydroxylation is 1. The van der Waals surface area contributed by atoms with Gasteiger partial charge in [0.2, 0.25) is 0 Å². The van der Waals surface area contributed by atoms with Crippen LogP contribution in [0.25, 0.3) is 5.69 Å². The van der Waals surface area contributed by atoms with Crippen LogP contribution in [-0.2, 0) is 9.47 Å². The van der Waals surface area contributed by atoms with E-state index < -0.39 is 5.97 Å². The van der Waals surface area contributed by atoms with Gasteiger partial charge in [-0.25, -0.2) is 14.5 Å². The molecular formula is C17H20ClN3O3. The third-order valence-corrected chi connectivity index (χ3v) is 4.55. The lowest BCUT2D eigenvalue weighted by Gasteiger charge is -2.29. The van der Waals surface area contributed by atoms with E-state index in [1.165, 1.54) is 0 Å². The van der Waals surface area contributed by atoms with E-state index in [2.05, 4.69) is 10.1 Å². The van der Waals surface area contributed by atoms with Crippen LogP contribution in [-0.4, -0.2) is 40.1 Å². The van der Waals surface area contributed by atoms with Crippen LogP contribution in [0.3, 0.4) is 0 Å². The zero-order valence-electron chi connectivity index (χ0n) is 13.7. The number of halogens is 1. The van der Waals surface area contributed by atoms with E-state index >= 15 is 0 Å². The highest BCUT2D eigenvalue weighted by Gasteiger charge is 2.30. The van der Waals surface area contributed by atoms with Crippen LogP contribution >= 0.6 is 11.6 Å². The quantitative estimate of drug-likeness (QED) is 0.792. The van der Waals surface area contributed by atoms with Gasteiger partial charge in [-0.1, -0.05) is 30.2 Å². The van der Waals surface area contributed by atoms with E-state index in [0.29, 0.717) is 16.5 Å². The maximum atomic E-state index is 12.4. The highest BCUT2D eigenvalue weighted by atomic mass is 35.5. The van der Waals surface area contributed by atoms with E-state index in [0.717, 1.165) is 25.7 Å².